The number of aromatic amines is 1. The summed E-state index contributed by atoms with van der Waals surface area (Å²) in [4.78, 5) is 44.2. The number of benzene rings is 2. The molecule has 1 aliphatic rings. The molecule has 0 saturated carbocycles. The predicted molar refractivity (Wildman–Crippen MR) is 121 cm³/mol. The minimum atomic E-state index is -0.477. The predicted octanol–water partition coefficient (Wildman–Crippen LogP) is 3.72. The maximum absolute atomic E-state index is 12.9. The molecule has 31 heavy (non-hydrogen) atoms. The fraction of sp³-hybridized carbons (Fsp3) is 0.240. The number of amides is 1. The minimum Gasteiger partial charge on any atom is -0.368 e. The molecular weight excluding hydrogens is 390 g/mol. The normalized spacial score (nSPS) is 13.9. The van der Waals surface area contributed by atoms with Crippen LogP contribution in [-0.4, -0.2) is 53.5 Å². The van der Waals surface area contributed by atoms with Crippen LogP contribution in [0, 0.1) is 6.92 Å². The molecule has 3 aromatic rings. The number of hydrogen-bond acceptors (Lipinski definition) is 4. The van der Waals surface area contributed by atoms with Gasteiger partial charge < -0.3 is 14.8 Å². The van der Waals surface area contributed by atoms with Crippen LogP contribution in [0.25, 0.3) is 11.3 Å². The molecule has 0 bridgehead atoms. The first-order chi connectivity index (χ1) is 14.9. The molecule has 1 fully saturated rings. The molecule has 6 nitrogen and oxygen atoms in total. The van der Waals surface area contributed by atoms with Gasteiger partial charge in [0.05, 0.1) is 0 Å². The van der Waals surface area contributed by atoms with Crippen LogP contribution in [0.4, 0.5) is 5.69 Å². The molecule has 0 radical (unpaired) electrons. The van der Waals surface area contributed by atoms with Gasteiger partial charge in [0.1, 0.15) is 0 Å². The summed E-state index contributed by atoms with van der Waals surface area (Å²) in [7, 11) is 0. The van der Waals surface area contributed by atoms with Crippen molar-refractivity contribution < 1.29 is 14.4 Å². The van der Waals surface area contributed by atoms with Crippen molar-refractivity contribution in [3.05, 3.63) is 77.5 Å². The van der Waals surface area contributed by atoms with Gasteiger partial charge >= 0.3 is 0 Å². The van der Waals surface area contributed by atoms with Gasteiger partial charge in [0.2, 0.25) is 0 Å². The number of rotatable bonds is 5. The smallest absolute Gasteiger partial charge is 0.295 e. The van der Waals surface area contributed by atoms with Crippen LogP contribution in [0.15, 0.2) is 60.7 Å². The number of aromatic nitrogens is 1. The van der Waals surface area contributed by atoms with Crippen molar-refractivity contribution in [2.75, 3.05) is 31.1 Å². The van der Waals surface area contributed by atoms with E-state index in [1.165, 1.54) is 0 Å². The molecule has 1 N–H and O–H groups in total. The molecule has 6 heteroatoms. The maximum atomic E-state index is 12.9. The van der Waals surface area contributed by atoms with Crippen molar-refractivity contribution in [2.45, 2.75) is 13.8 Å². The molecular formula is C25H25N3O3. The Morgan fingerprint density at radius 1 is 0.871 bits per heavy atom. The highest BCUT2D eigenvalue weighted by Gasteiger charge is 2.28. The minimum absolute atomic E-state index is 0.0379. The Balaban J connectivity index is 1.41. The Bertz CT molecular complexity index is 1110. The average molecular weight is 415 g/mol. The topological polar surface area (TPSA) is 73.5 Å². The van der Waals surface area contributed by atoms with E-state index in [1.54, 1.807) is 17.9 Å². The van der Waals surface area contributed by atoms with Crippen molar-refractivity contribution >= 4 is 23.2 Å². The summed E-state index contributed by atoms with van der Waals surface area (Å²) in [5, 5.41) is 0. The van der Waals surface area contributed by atoms with Gasteiger partial charge in [-0.1, -0.05) is 30.3 Å². The maximum Gasteiger partial charge on any atom is 0.295 e. The molecule has 0 unspecified atom stereocenters. The van der Waals surface area contributed by atoms with E-state index in [9.17, 15) is 14.4 Å². The van der Waals surface area contributed by atoms with Gasteiger partial charge in [-0.3, -0.25) is 14.4 Å². The van der Waals surface area contributed by atoms with Gasteiger partial charge in [-0.25, -0.2) is 0 Å². The summed E-state index contributed by atoms with van der Waals surface area (Å²) in [6.45, 7) is 5.60. The zero-order valence-corrected chi connectivity index (χ0v) is 17.7. The lowest BCUT2D eigenvalue weighted by molar-refractivity contribution is -0.126. The summed E-state index contributed by atoms with van der Waals surface area (Å²) >= 11 is 0. The van der Waals surface area contributed by atoms with E-state index in [2.05, 4.69) is 9.88 Å². The third-order valence-electron chi connectivity index (χ3n) is 5.74. The van der Waals surface area contributed by atoms with Crippen molar-refractivity contribution in [2.24, 2.45) is 0 Å². The van der Waals surface area contributed by atoms with Gasteiger partial charge in [0, 0.05) is 54.4 Å². The number of hydrogen-bond donors (Lipinski definition) is 1. The number of aryl methyl sites for hydroxylation is 1. The third-order valence-corrected chi connectivity index (χ3v) is 5.74. The number of ketones is 2. The number of anilines is 1. The van der Waals surface area contributed by atoms with Crippen LogP contribution in [-0.2, 0) is 4.79 Å². The van der Waals surface area contributed by atoms with Gasteiger partial charge in [-0.2, -0.15) is 0 Å². The molecule has 2 aromatic carbocycles. The van der Waals surface area contributed by atoms with Crippen molar-refractivity contribution in [1.29, 1.82) is 0 Å². The van der Waals surface area contributed by atoms with Crippen molar-refractivity contribution in [3.63, 3.8) is 0 Å². The number of piperazine rings is 1. The zero-order valence-electron chi connectivity index (χ0n) is 17.7. The second kappa shape index (κ2) is 8.60. The van der Waals surface area contributed by atoms with E-state index in [4.69, 9.17) is 0 Å². The van der Waals surface area contributed by atoms with E-state index in [-0.39, 0.29) is 5.78 Å². The lowest BCUT2D eigenvalue weighted by Gasteiger charge is -2.35. The van der Waals surface area contributed by atoms with Crippen LogP contribution >= 0.6 is 0 Å². The largest absolute Gasteiger partial charge is 0.368 e. The van der Waals surface area contributed by atoms with Crippen molar-refractivity contribution in [3.8, 4) is 11.3 Å². The summed E-state index contributed by atoms with van der Waals surface area (Å²) in [6.07, 6.45) is 0. The van der Waals surface area contributed by atoms with Gasteiger partial charge in [0.15, 0.2) is 5.78 Å². The first-order valence-electron chi connectivity index (χ1n) is 10.4. The van der Waals surface area contributed by atoms with Crippen LogP contribution < -0.4 is 4.90 Å². The molecule has 158 valence electrons. The molecule has 1 aliphatic heterocycles. The quantitative estimate of drug-likeness (QED) is 0.509. The van der Waals surface area contributed by atoms with E-state index in [1.807, 2.05) is 61.5 Å². The summed E-state index contributed by atoms with van der Waals surface area (Å²) in [5.41, 5.74) is 4.61. The van der Waals surface area contributed by atoms with E-state index in [0.29, 0.717) is 43.0 Å². The first kappa shape index (κ1) is 20.6. The summed E-state index contributed by atoms with van der Waals surface area (Å²) < 4.78 is 0. The summed E-state index contributed by atoms with van der Waals surface area (Å²) in [6, 6.07) is 19.0. The first-order valence-corrected chi connectivity index (χ1v) is 10.4. The Labute approximate surface area is 181 Å². The highest BCUT2D eigenvalue weighted by Crippen LogP contribution is 2.23. The van der Waals surface area contributed by atoms with E-state index < -0.39 is 11.7 Å². The Hall–Kier alpha value is -3.67. The zero-order chi connectivity index (χ0) is 22.0. The standard InChI is InChI=1S/C25H25N3O3/c1-17-22(16-23(26-17)20-6-4-3-5-7-20)24(30)25(31)28-14-12-27(13-15-28)21-10-8-19(9-11-21)18(2)29/h3-11,16,26H,12-15H2,1-2H3. The number of carbonyl (C=O) groups excluding carboxylic acids is 3. The van der Waals surface area contributed by atoms with E-state index in [0.717, 1.165) is 16.9 Å². The summed E-state index contributed by atoms with van der Waals surface area (Å²) in [5.74, 6) is -0.903. The highest BCUT2D eigenvalue weighted by atomic mass is 16.2. The van der Waals surface area contributed by atoms with Gasteiger partial charge in [-0.15, -0.1) is 0 Å². The molecule has 1 saturated heterocycles. The highest BCUT2D eigenvalue weighted by molar-refractivity contribution is 6.43. The molecule has 4 rings (SSSR count). The number of nitrogens with zero attached hydrogens (tertiary/aromatic N) is 2. The molecule has 0 atom stereocenters. The molecule has 0 aliphatic carbocycles. The Kier molecular flexibility index (Phi) is 5.71. The molecule has 0 spiro atoms. The van der Waals surface area contributed by atoms with Crippen LogP contribution in [0.2, 0.25) is 0 Å². The molecule has 2 heterocycles. The average Bonchev–Trinajstić information content (AvgIpc) is 3.20. The Morgan fingerprint density at radius 3 is 2.13 bits per heavy atom. The fourth-order valence-electron chi connectivity index (χ4n) is 3.90. The molecule has 1 aromatic heterocycles. The fourth-order valence-corrected chi connectivity index (χ4v) is 3.90. The van der Waals surface area contributed by atoms with Crippen LogP contribution in [0.1, 0.15) is 33.3 Å². The van der Waals surface area contributed by atoms with Crippen LogP contribution in [0.5, 0.6) is 0 Å². The lowest BCUT2D eigenvalue weighted by Crippen LogP contribution is -2.50. The number of nitrogens with one attached hydrogen (secondary N) is 1. The second-order valence-corrected chi connectivity index (χ2v) is 7.80. The Morgan fingerprint density at radius 2 is 1.52 bits per heavy atom. The van der Waals surface area contributed by atoms with Crippen LogP contribution in [0.3, 0.4) is 0 Å². The number of Topliss-reactive ketones (excluding diaryl/α,β-unsaturated/α-hetero) is 2. The van der Waals surface area contributed by atoms with Gasteiger partial charge in [0.25, 0.3) is 11.7 Å². The third kappa shape index (κ3) is 4.28. The number of H-pyrrole nitrogens is 1. The van der Waals surface area contributed by atoms with Gasteiger partial charge in [-0.05, 0) is 49.7 Å². The van der Waals surface area contributed by atoms with Crippen molar-refractivity contribution in [1.82, 2.24) is 9.88 Å². The second-order valence-electron chi connectivity index (χ2n) is 7.80. The van der Waals surface area contributed by atoms with E-state index >= 15 is 0 Å². The lowest BCUT2D eigenvalue weighted by atomic mass is 10.1. The SMILES string of the molecule is CC(=O)c1ccc(N2CCN(C(=O)C(=O)c3cc(-c4ccccc4)[nH]c3C)CC2)cc1. The monoisotopic (exact) mass is 415 g/mol. The molecule has 1 amide bonds. The number of carbonyl (C=O) groups is 3.